The van der Waals surface area contributed by atoms with E-state index in [1.165, 1.54) is 0 Å². The number of pyridine rings is 2. The van der Waals surface area contributed by atoms with Crippen molar-refractivity contribution in [3.63, 3.8) is 0 Å². The molecular formula is C25H18N6O. The summed E-state index contributed by atoms with van der Waals surface area (Å²) in [5.74, 6) is 0.580. The number of nitrogens with two attached hydrogens (primary N) is 1. The van der Waals surface area contributed by atoms with E-state index in [1.807, 2.05) is 48.5 Å². The van der Waals surface area contributed by atoms with Crippen LogP contribution in [-0.4, -0.2) is 25.8 Å². The van der Waals surface area contributed by atoms with Crippen LogP contribution in [0.1, 0.15) is 10.4 Å². The summed E-state index contributed by atoms with van der Waals surface area (Å²) >= 11 is 0. The van der Waals surface area contributed by atoms with Gasteiger partial charge in [0, 0.05) is 35.7 Å². The van der Waals surface area contributed by atoms with E-state index in [9.17, 15) is 4.79 Å². The fourth-order valence-corrected chi connectivity index (χ4v) is 3.51. The Bertz CT molecular complexity index is 1420. The summed E-state index contributed by atoms with van der Waals surface area (Å²) in [5.41, 5.74) is 10.1. The molecule has 3 heterocycles. The predicted molar refractivity (Wildman–Crippen MR) is 124 cm³/mol. The number of carbonyl (C=O) groups is 1. The lowest BCUT2D eigenvalue weighted by Crippen LogP contribution is -2.13. The van der Waals surface area contributed by atoms with Crippen LogP contribution in [0, 0.1) is 0 Å². The van der Waals surface area contributed by atoms with Gasteiger partial charge in [0.15, 0.2) is 5.82 Å². The Balaban J connectivity index is 1.71. The predicted octanol–water partition coefficient (Wildman–Crippen LogP) is 4.60. The number of rotatable bonds is 5. The van der Waals surface area contributed by atoms with Gasteiger partial charge >= 0.3 is 0 Å². The summed E-state index contributed by atoms with van der Waals surface area (Å²) in [7, 11) is 0. The minimum absolute atomic E-state index is 0.382. The van der Waals surface area contributed by atoms with Crippen molar-refractivity contribution in [2.75, 3.05) is 5.32 Å². The van der Waals surface area contributed by atoms with Gasteiger partial charge < -0.3 is 11.1 Å². The molecule has 0 unspecified atom stereocenters. The average Bonchev–Trinajstić information content (AvgIpc) is 2.85. The topological polar surface area (TPSA) is 107 Å². The first-order valence-electron chi connectivity index (χ1n) is 9.97. The minimum Gasteiger partial charge on any atom is -0.366 e. The second-order valence-corrected chi connectivity index (χ2v) is 7.14. The van der Waals surface area contributed by atoms with Gasteiger partial charge in [-0.3, -0.25) is 14.8 Å². The van der Waals surface area contributed by atoms with Gasteiger partial charge in [-0.25, -0.2) is 9.97 Å². The summed E-state index contributed by atoms with van der Waals surface area (Å²) in [4.78, 5) is 29.7. The van der Waals surface area contributed by atoms with Crippen LogP contribution in [-0.2, 0) is 0 Å². The standard InChI is InChI=1S/C25H18N6O/c26-23(32)19-5-1-2-6-21(19)30-25-20-14-17(16-9-12-27-13-10-16)7-8-22(20)29-24(31-25)18-4-3-11-28-15-18/h1-15H,(H2,26,32)(H,29,30,31). The molecule has 0 spiro atoms. The minimum atomic E-state index is -0.517. The van der Waals surface area contributed by atoms with Crippen LogP contribution in [0.3, 0.4) is 0 Å². The van der Waals surface area contributed by atoms with Crippen molar-refractivity contribution in [1.29, 1.82) is 0 Å². The van der Waals surface area contributed by atoms with Crippen molar-refractivity contribution in [2.45, 2.75) is 0 Å². The SMILES string of the molecule is NC(=O)c1ccccc1Nc1nc(-c2cccnc2)nc2ccc(-c3ccncc3)cc12. The molecule has 0 aliphatic heterocycles. The maximum Gasteiger partial charge on any atom is 0.250 e. The molecule has 5 aromatic rings. The molecule has 7 heteroatoms. The molecule has 0 bridgehead atoms. The molecule has 0 fully saturated rings. The second kappa shape index (κ2) is 8.23. The number of nitrogens with one attached hydrogen (secondary N) is 1. The van der Waals surface area contributed by atoms with Crippen molar-refractivity contribution < 1.29 is 4.79 Å². The summed E-state index contributed by atoms with van der Waals surface area (Å²) < 4.78 is 0. The van der Waals surface area contributed by atoms with Crippen molar-refractivity contribution in [3.05, 3.63) is 97.1 Å². The normalized spacial score (nSPS) is 10.8. The molecular weight excluding hydrogens is 400 g/mol. The van der Waals surface area contributed by atoms with E-state index in [0.717, 1.165) is 27.6 Å². The van der Waals surface area contributed by atoms with E-state index < -0.39 is 5.91 Å². The van der Waals surface area contributed by atoms with Gasteiger partial charge in [-0.05, 0) is 59.7 Å². The Morgan fingerprint density at radius 2 is 1.62 bits per heavy atom. The molecule has 0 aliphatic rings. The Morgan fingerprint density at radius 1 is 0.781 bits per heavy atom. The van der Waals surface area contributed by atoms with E-state index in [0.29, 0.717) is 22.9 Å². The van der Waals surface area contributed by atoms with Crippen LogP contribution < -0.4 is 11.1 Å². The third kappa shape index (κ3) is 3.75. The monoisotopic (exact) mass is 418 g/mol. The Labute approximate surface area is 184 Å². The third-order valence-corrected chi connectivity index (χ3v) is 5.07. The lowest BCUT2D eigenvalue weighted by molar-refractivity contribution is 0.100. The highest BCUT2D eigenvalue weighted by molar-refractivity contribution is 6.01. The fourth-order valence-electron chi connectivity index (χ4n) is 3.51. The van der Waals surface area contributed by atoms with Crippen molar-refractivity contribution >= 4 is 28.3 Å². The molecule has 0 saturated carbocycles. The molecule has 0 saturated heterocycles. The van der Waals surface area contributed by atoms with E-state index >= 15 is 0 Å². The van der Waals surface area contributed by atoms with Gasteiger partial charge in [0.05, 0.1) is 16.8 Å². The van der Waals surface area contributed by atoms with Gasteiger partial charge in [0.25, 0.3) is 5.91 Å². The maximum absolute atomic E-state index is 11.9. The molecule has 3 N–H and O–H groups in total. The fraction of sp³-hybridized carbons (Fsp3) is 0. The van der Waals surface area contributed by atoms with E-state index in [4.69, 9.17) is 15.7 Å². The number of hydrogen-bond donors (Lipinski definition) is 2. The van der Waals surface area contributed by atoms with Crippen LogP contribution in [0.4, 0.5) is 11.5 Å². The number of para-hydroxylation sites is 1. The second-order valence-electron chi connectivity index (χ2n) is 7.14. The van der Waals surface area contributed by atoms with Crippen LogP contribution in [0.15, 0.2) is 91.5 Å². The maximum atomic E-state index is 11.9. The van der Waals surface area contributed by atoms with Gasteiger partial charge in [0.2, 0.25) is 0 Å². The first-order chi connectivity index (χ1) is 15.7. The average molecular weight is 418 g/mol. The molecule has 2 aromatic carbocycles. The molecule has 0 atom stereocenters. The van der Waals surface area contributed by atoms with Crippen LogP contribution in [0.25, 0.3) is 33.4 Å². The summed E-state index contributed by atoms with van der Waals surface area (Å²) in [5, 5.41) is 4.11. The van der Waals surface area contributed by atoms with Crippen LogP contribution >= 0.6 is 0 Å². The molecule has 0 radical (unpaired) electrons. The Hall–Kier alpha value is -4.65. The van der Waals surface area contributed by atoms with Crippen LogP contribution in [0.2, 0.25) is 0 Å². The highest BCUT2D eigenvalue weighted by atomic mass is 16.1. The number of carbonyl (C=O) groups excluding carboxylic acids is 1. The lowest BCUT2D eigenvalue weighted by atomic mass is 10.0. The summed E-state index contributed by atoms with van der Waals surface area (Å²) in [6, 6.07) is 20.7. The zero-order chi connectivity index (χ0) is 21.9. The Kier molecular flexibility index (Phi) is 4.97. The molecule has 3 aromatic heterocycles. The highest BCUT2D eigenvalue weighted by Gasteiger charge is 2.14. The van der Waals surface area contributed by atoms with E-state index in [2.05, 4.69) is 15.3 Å². The highest BCUT2D eigenvalue weighted by Crippen LogP contribution is 2.31. The molecule has 0 aliphatic carbocycles. The van der Waals surface area contributed by atoms with Crippen molar-refractivity contribution in [2.24, 2.45) is 5.73 Å². The number of fused-ring (bicyclic) bond motifs is 1. The van der Waals surface area contributed by atoms with Crippen molar-refractivity contribution in [3.8, 4) is 22.5 Å². The third-order valence-electron chi connectivity index (χ3n) is 5.07. The van der Waals surface area contributed by atoms with Gasteiger partial charge in [-0.15, -0.1) is 0 Å². The molecule has 154 valence electrons. The molecule has 7 nitrogen and oxygen atoms in total. The Morgan fingerprint density at radius 3 is 2.41 bits per heavy atom. The number of primary amides is 1. The number of hydrogen-bond acceptors (Lipinski definition) is 6. The van der Waals surface area contributed by atoms with Crippen LogP contribution in [0.5, 0.6) is 0 Å². The molecule has 32 heavy (non-hydrogen) atoms. The number of nitrogens with zero attached hydrogens (tertiary/aromatic N) is 4. The van der Waals surface area contributed by atoms with E-state index in [-0.39, 0.29) is 0 Å². The smallest absolute Gasteiger partial charge is 0.250 e. The number of anilines is 2. The van der Waals surface area contributed by atoms with Gasteiger partial charge in [-0.2, -0.15) is 0 Å². The summed E-state index contributed by atoms with van der Waals surface area (Å²) in [6.07, 6.45) is 6.93. The lowest BCUT2D eigenvalue weighted by Gasteiger charge is -2.14. The molecule has 5 rings (SSSR count). The quantitative estimate of drug-likeness (QED) is 0.432. The zero-order valence-corrected chi connectivity index (χ0v) is 16.9. The summed E-state index contributed by atoms with van der Waals surface area (Å²) in [6.45, 7) is 0. The van der Waals surface area contributed by atoms with Gasteiger partial charge in [0.1, 0.15) is 5.82 Å². The van der Waals surface area contributed by atoms with Crippen molar-refractivity contribution in [1.82, 2.24) is 19.9 Å². The first kappa shape index (κ1) is 19.3. The van der Waals surface area contributed by atoms with E-state index in [1.54, 1.807) is 43.0 Å². The number of aromatic nitrogens is 4. The zero-order valence-electron chi connectivity index (χ0n) is 16.9. The first-order valence-corrected chi connectivity index (χ1v) is 9.97. The van der Waals surface area contributed by atoms with Gasteiger partial charge in [-0.1, -0.05) is 18.2 Å². The number of benzene rings is 2. The molecule has 1 amide bonds. The number of amides is 1. The largest absolute Gasteiger partial charge is 0.366 e.